The van der Waals surface area contributed by atoms with Crippen molar-refractivity contribution in [2.24, 2.45) is 5.92 Å². The molecule has 1 nitrogen and oxygen atoms in total. The lowest BCUT2D eigenvalue weighted by atomic mass is 9.95. The van der Waals surface area contributed by atoms with Crippen LogP contribution in [0.1, 0.15) is 59.3 Å². The Labute approximate surface area is 84.3 Å². The Hall–Kier alpha value is -0.0400. The Morgan fingerprint density at radius 2 is 1.38 bits per heavy atom. The second-order valence-corrected chi connectivity index (χ2v) is 3.98. The molecule has 0 aliphatic heterocycles. The molecule has 0 aliphatic rings. The summed E-state index contributed by atoms with van der Waals surface area (Å²) in [4.78, 5) is 0. The topological polar surface area (TPSA) is 12.0 Å². The lowest BCUT2D eigenvalue weighted by molar-refractivity contribution is 0.400. The monoisotopic (exact) mass is 185 g/mol. The first-order valence-corrected chi connectivity index (χ1v) is 6.05. The van der Waals surface area contributed by atoms with Gasteiger partial charge in [0.25, 0.3) is 0 Å². The predicted octanol–water partition coefficient (Wildman–Crippen LogP) is 3.59. The normalized spacial score (nSPS) is 11.1. The summed E-state index contributed by atoms with van der Waals surface area (Å²) in [5.74, 6) is 0.972. The molecule has 0 fully saturated rings. The zero-order chi connectivity index (χ0) is 9.94. The minimum Gasteiger partial charge on any atom is -0.317 e. The molecule has 0 aromatic carbocycles. The summed E-state index contributed by atoms with van der Waals surface area (Å²) in [6.07, 6.45) is 8.16. The third kappa shape index (κ3) is 8.29. The number of hydrogen-bond acceptors (Lipinski definition) is 1. The van der Waals surface area contributed by atoms with Crippen molar-refractivity contribution in [2.75, 3.05) is 13.1 Å². The second kappa shape index (κ2) is 10.0. The zero-order valence-corrected chi connectivity index (χ0v) is 9.73. The van der Waals surface area contributed by atoms with Crippen molar-refractivity contribution >= 4 is 0 Å². The third-order valence-corrected chi connectivity index (χ3v) is 2.55. The minimum absolute atomic E-state index is 0.972. The molecule has 0 rings (SSSR count). The quantitative estimate of drug-likeness (QED) is 0.541. The van der Waals surface area contributed by atoms with Crippen LogP contribution in [0.3, 0.4) is 0 Å². The Balaban J connectivity index is 3.33. The van der Waals surface area contributed by atoms with Crippen molar-refractivity contribution in [1.82, 2.24) is 5.32 Å². The van der Waals surface area contributed by atoms with Gasteiger partial charge in [0, 0.05) is 0 Å². The summed E-state index contributed by atoms with van der Waals surface area (Å²) in [5, 5.41) is 3.48. The first-order valence-electron chi connectivity index (χ1n) is 6.05. The van der Waals surface area contributed by atoms with Crippen LogP contribution in [0.2, 0.25) is 0 Å². The van der Waals surface area contributed by atoms with Gasteiger partial charge in [-0.1, -0.05) is 46.5 Å². The van der Waals surface area contributed by atoms with E-state index in [1.807, 2.05) is 0 Å². The molecule has 0 amide bonds. The molecule has 0 aliphatic carbocycles. The van der Waals surface area contributed by atoms with Gasteiger partial charge in [0.05, 0.1) is 0 Å². The highest BCUT2D eigenvalue weighted by molar-refractivity contribution is 4.60. The molecule has 0 unspecified atom stereocenters. The Kier molecular flexibility index (Phi) is 10.0. The van der Waals surface area contributed by atoms with Gasteiger partial charge in [-0.25, -0.2) is 0 Å². The highest BCUT2D eigenvalue weighted by Crippen LogP contribution is 2.16. The maximum Gasteiger partial charge on any atom is -0.00463 e. The van der Waals surface area contributed by atoms with E-state index in [-0.39, 0.29) is 0 Å². The molecular formula is C12H27N. The fourth-order valence-corrected chi connectivity index (χ4v) is 1.86. The van der Waals surface area contributed by atoms with Crippen LogP contribution >= 0.6 is 0 Å². The van der Waals surface area contributed by atoms with Gasteiger partial charge in [-0.15, -0.1) is 0 Å². The van der Waals surface area contributed by atoms with Crippen LogP contribution in [-0.2, 0) is 0 Å². The van der Waals surface area contributed by atoms with Gasteiger partial charge in [-0.05, 0) is 31.8 Å². The first-order chi connectivity index (χ1) is 6.35. The highest BCUT2D eigenvalue weighted by Gasteiger charge is 2.05. The van der Waals surface area contributed by atoms with Crippen molar-refractivity contribution in [3.8, 4) is 0 Å². The maximum absolute atomic E-state index is 3.48. The molecule has 0 aromatic heterocycles. The van der Waals surface area contributed by atoms with E-state index in [9.17, 15) is 0 Å². The van der Waals surface area contributed by atoms with E-state index >= 15 is 0 Å². The lowest BCUT2D eigenvalue weighted by Crippen LogP contribution is -2.18. The second-order valence-electron chi connectivity index (χ2n) is 3.98. The molecule has 0 saturated heterocycles. The molecule has 1 N–H and O–H groups in total. The summed E-state index contributed by atoms with van der Waals surface area (Å²) in [5.41, 5.74) is 0. The SMILES string of the molecule is CCCNCCC(CCC)CCC. The maximum atomic E-state index is 3.48. The summed E-state index contributed by atoms with van der Waals surface area (Å²) in [6.45, 7) is 9.22. The molecule has 0 bridgehead atoms. The summed E-state index contributed by atoms with van der Waals surface area (Å²) >= 11 is 0. The minimum atomic E-state index is 0.972. The zero-order valence-electron chi connectivity index (χ0n) is 9.73. The number of nitrogens with one attached hydrogen (secondary N) is 1. The van der Waals surface area contributed by atoms with Crippen LogP contribution < -0.4 is 5.32 Å². The first kappa shape index (κ1) is 13.0. The van der Waals surface area contributed by atoms with Crippen LogP contribution in [0.4, 0.5) is 0 Å². The van der Waals surface area contributed by atoms with Crippen LogP contribution in [0.15, 0.2) is 0 Å². The average Bonchev–Trinajstić information content (AvgIpc) is 2.13. The summed E-state index contributed by atoms with van der Waals surface area (Å²) < 4.78 is 0. The molecule has 0 atom stereocenters. The van der Waals surface area contributed by atoms with Gasteiger partial charge in [0.1, 0.15) is 0 Å². The predicted molar refractivity (Wildman–Crippen MR) is 61.1 cm³/mol. The molecule has 1 heteroatoms. The van der Waals surface area contributed by atoms with E-state index in [0.29, 0.717) is 0 Å². The van der Waals surface area contributed by atoms with E-state index in [2.05, 4.69) is 26.1 Å². The molecule has 80 valence electrons. The summed E-state index contributed by atoms with van der Waals surface area (Å²) in [6, 6.07) is 0. The molecule has 0 aromatic rings. The van der Waals surface area contributed by atoms with Crippen LogP contribution in [0.25, 0.3) is 0 Å². The standard InChI is InChI=1S/C12H27N/c1-4-7-12(8-5-2)9-11-13-10-6-3/h12-13H,4-11H2,1-3H3. The fourth-order valence-electron chi connectivity index (χ4n) is 1.86. The van der Waals surface area contributed by atoms with E-state index in [4.69, 9.17) is 0 Å². The largest absolute Gasteiger partial charge is 0.317 e. The smallest absolute Gasteiger partial charge is 0.00463 e. The molecule has 0 radical (unpaired) electrons. The van der Waals surface area contributed by atoms with Crippen LogP contribution in [-0.4, -0.2) is 13.1 Å². The van der Waals surface area contributed by atoms with Gasteiger partial charge in [-0.3, -0.25) is 0 Å². The number of hydrogen-bond donors (Lipinski definition) is 1. The van der Waals surface area contributed by atoms with Gasteiger partial charge in [0.2, 0.25) is 0 Å². The van der Waals surface area contributed by atoms with E-state index in [1.54, 1.807) is 0 Å². The third-order valence-electron chi connectivity index (χ3n) is 2.55. The van der Waals surface area contributed by atoms with Crippen molar-refractivity contribution in [2.45, 2.75) is 59.3 Å². The molecular weight excluding hydrogens is 158 g/mol. The van der Waals surface area contributed by atoms with E-state index < -0.39 is 0 Å². The van der Waals surface area contributed by atoms with Gasteiger partial charge >= 0.3 is 0 Å². The highest BCUT2D eigenvalue weighted by atomic mass is 14.8. The van der Waals surface area contributed by atoms with Gasteiger partial charge in [0.15, 0.2) is 0 Å². The fraction of sp³-hybridized carbons (Fsp3) is 1.00. The molecule has 0 spiro atoms. The Bertz CT molecular complexity index is 85.1. The van der Waals surface area contributed by atoms with Crippen molar-refractivity contribution in [3.63, 3.8) is 0 Å². The number of rotatable bonds is 9. The Morgan fingerprint density at radius 3 is 1.85 bits per heavy atom. The molecule has 13 heavy (non-hydrogen) atoms. The Morgan fingerprint density at radius 1 is 0.769 bits per heavy atom. The van der Waals surface area contributed by atoms with Crippen LogP contribution in [0.5, 0.6) is 0 Å². The van der Waals surface area contributed by atoms with Crippen LogP contribution in [0, 0.1) is 5.92 Å². The van der Waals surface area contributed by atoms with Crippen molar-refractivity contribution in [1.29, 1.82) is 0 Å². The molecule has 0 heterocycles. The van der Waals surface area contributed by atoms with Crippen molar-refractivity contribution < 1.29 is 0 Å². The van der Waals surface area contributed by atoms with Crippen molar-refractivity contribution in [3.05, 3.63) is 0 Å². The van der Waals surface area contributed by atoms with Gasteiger partial charge in [-0.2, -0.15) is 0 Å². The van der Waals surface area contributed by atoms with E-state index in [1.165, 1.54) is 51.6 Å². The van der Waals surface area contributed by atoms with E-state index in [0.717, 1.165) is 5.92 Å². The van der Waals surface area contributed by atoms with Gasteiger partial charge < -0.3 is 5.32 Å². The average molecular weight is 185 g/mol. The molecule has 0 saturated carbocycles. The lowest BCUT2D eigenvalue weighted by Gasteiger charge is -2.15. The summed E-state index contributed by atoms with van der Waals surface area (Å²) in [7, 11) is 0.